The van der Waals surface area contributed by atoms with Gasteiger partial charge in [-0.25, -0.2) is 0 Å². The van der Waals surface area contributed by atoms with Crippen molar-refractivity contribution >= 4 is 27.5 Å². The molecular formula is C11H16BrN3O. The number of nitrogens with one attached hydrogen (secondary N) is 1. The minimum absolute atomic E-state index is 0.133. The molecule has 0 aliphatic heterocycles. The van der Waals surface area contributed by atoms with Crippen molar-refractivity contribution in [1.82, 2.24) is 10.2 Å². The van der Waals surface area contributed by atoms with Crippen molar-refractivity contribution in [2.24, 2.45) is 0 Å². The molecule has 0 fully saturated rings. The van der Waals surface area contributed by atoms with Crippen LogP contribution in [-0.4, -0.2) is 38.0 Å². The second kappa shape index (κ2) is 5.86. The van der Waals surface area contributed by atoms with Crippen LogP contribution < -0.4 is 11.1 Å². The Morgan fingerprint density at radius 1 is 1.50 bits per heavy atom. The van der Waals surface area contributed by atoms with Crippen LogP contribution in [0.1, 0.15) is 10.4 Å². The molecule has 0 atom stereocenters. The fraction of sp³-hybridized carbons (Fsp3) is 0.364. The Hall–Kier alpha value is -1.07. The number of anilines is 1. The summed E-state index contributed by atoms with van der Waals surface area (Å²) in [5, 5.41) is 2.81. The van der Waals surface area contributed by atoms with Crippen LogP contribution in [0.5, 0.6) is 0 Å². The molecule has 0 heterocycles. The van der Waals surface area contributed by atoms with Crippen LogP contribution in [0.2, 0.25) is 0 Å². The molecule has 1 aromatic carbocycles. The number of carbonyl (C=O) groups is 1. The molecule has 0 bridgehead atoms. The van der Waals surface area contributed by atoms with E-state index in [9.17, 15) is 4.79 Å². The van der Waals surface area contributed by atoms with E-state index < -0.39 is 0 Å². The fourth-order valence-corrected chi connectivity index (χ4v) is 1.61. The SMILES string of the molecule is CN(C)CCNC(=O)c1ccc(Br)cc1N. The molecular weight excluding hydrogens is 270 g/mol. The van der Waals surface area contributed by atoms with Gasteiger partial charge in [0, 0.05) is 23.2 Å². The molecule has 5 heteroatoms. The van der Waals surface area contributed by atoms with Gasteiger partial charge >= 0.3 is 0 Å². The summed E-state index contributed by atoms with van der Waals surface area (Å²) in [5.74, 6) is -0.133. The summed E-state index contributed by atoms with van der Waals surface area (Å²) < 4.78 is 0.870. The average Bonchev–Trinajstić information content (AvgIpc) is 2.16. The predicted molar refractivity (Wildman–Crippen MR) is 69.4 cm³/mol. The Morgan fingerprint density at radius 2 is 2.19 bits per heavy atom. The number of amides is 1. The van der Waals surface area contributed by atoms with Crippen molar-refractivity contribution in [3.05, 3.63) is 28.2 Å². The van der Waals surface area contributed by atoms with E-state index in [0.29, 0.717) is 17.8 Å². The number of likely N-dealkylation sites (N-methyl/N-ethyl adjacent to an activating group) is 1. The van der Waals surface area contributed by atoms with Crippen LogP contribution in [0.3, 0.4) is 0 Å². The Morgan fingerprint density at radius 3 is 2.75 bits per heavy atom. The van der Waals surface area contributed by atoms with Crippen molar-refractivity contribution in [3.63, 3.8) is 0 Å². The maximum Gasteiger partial charge on any atom is 0.253 e. The maximum absolute atomic E-state index is 11.7. The molecule has 0 spiro atoms. The van der Waals surface area contributed by atoms with E-state index in [2.05, 4.69) is 21.2 Å². The number of hydrogen-bond donors (Lipinski definition) is 2. The Kier molecular flexibility index (Phi) is 4.76. The summed E-state index contributed by atoms with van der Waals surface area (Å²) in [7, 11) is 3.92. The first-order valence-electron chi connectivity index (χ1n) is 4.98. The van der Waals surface area contributed by atoms with Gasteiger partial charge in [-0.2, -0.15) is 0 Å². The number of benzene rings is 1. The normalized spacial score (nSPS) is 10.5. The molecule has 1 rings (SSSR count). The molecule has 0 aromatic heterocycles. The van der Waals surface area contributed by atoms with Crippen molar-refractivity contribution in [3.8, 4) is 0 Å². The van der Waals surface area contributed by atoms with Crippen molar-refractivity contribution in [1.29, 1.82) is 0 Å². The van der Waals surface area contributed by atoms with E-state index in [1.54, 1.807) is 18.2 Å². The van der Waals surface area contributed by atoms with Crippen LogP contribution >= 0.6 is 15.9 Å². The number of hydrogen-bond acceptors (Lipinski definition) is 3. The molecule has 4 nitrogen and oxygen atoms in total. The van der Waals surface area contributed by atoms with Crippen LogP contribution in [0.25, 0.3) is 0 Å². The predicted octanol–water partition coefficient (Wildman–Crippen LogP) is 1.32. The summed E-state index contributed by atoms with van der Waals surface area (Å²) in [4.78, 5) is 13.7. The number of halogens is 1. The lowest BCUT2D eigenvalue weighted by Crippen LogP contribution is -2.31. The third-order valence-corrected chi connectivity index (χ3v) is 2.60. The zero-order chi connectivity index (χ0) is 12.1. The zero-order valence-corrected chi connectivity index (χ0v) is 11.0. The first-order chi connectivity index (χ1) is 7.50. The second-order valence-electron chi connectivity index (χ2n) is 3.79. The Labute approximate surface area is 104 Å². The van der Waals surface area contributed by atoms with Crippen LogP contribution in [-0.2, 0) is 0 Å². The zero-order valence-electron chi connectivity index (χ0n) is 9.46. The first kappa shape index (κ1) is 13.0. The molecule has 0 saturated heterocycles. The smallest absolute Gasteiger partial charge is 0.253 e. The third kappa shape index (κ3) is 3.83. The minimum atomic E-state index is -0.133. The highest BCUT2D eigenvalue weighted by Gasteiger charge is 2.08. The van der Waals surface area contributed by atoms with E-state index >= 15 is 0 Å². The average molecular weight is 286 g/mol. The summed E-state index contributed by atoms with van der Waals surface area (Å²) in [6.45, 7) is 1.42. The molecule has 0 unspecified atom stereocenters. The highest BCUT2D eigenvalue weighted by Crippen LogP contribution is 2.18. The summed E-state index contributed by atoms with van der Waals surface area (Å²) in [6.07, 6.45) is 0. The van der Waals surface area contributed by atoms with E-state index in [1.807, 2.05) is 19.0 Å². The standard InChI is InChI=1S/C11H16BrN3O/c1-15(2)6-5-14-11(16)9-4-3-8(12)7-10(9)13/h3-4,7H,5-6,13H2,1-2H3,(H,14,16). The van der Waals surface area contributed by atoms with Gasteiger partial charge in [0.1, 0.15) is 0 Å². The van der Waals surface area contributed by atoms with Gasteiger partial charge in [-0.15, -0.1) is 0 Å². The molecule has 88 valence electrons. The molecule has 0 aliphatic carbocycles. The minimum Gasteiger partial charge on any atom is -0.398 e. The first-order valence-corrected chi connectivity index (χ1v) is 5.78. The summed E-state index contributed by atoms with van der Waals surface area (Å²) in [6, 6.07) is 5.24. The lowest BCUT2D eigenvalue weighted by molar-refractivity contribution is 0.0952. The van der Waals surface area contributed by atoms with Crippen molar-refractivity contribution < 1.29 is 4.79 Å². The van der Waals surface area contributed by atoms with Gasteiger partial charge < -0.3 is 16.0 Å². The van der Waals surface area contributed by atoms with E-state index in [1.165, 1.54) is 0 Å². The summed E-state index contributed by atoms with van der Waals surface area (Å²) in [5.41, 5.74) is 6.75. The highest BCUT2D eigenvalue weighted by atomic mass is 79.9. The molecule has 0 radical (unpaired) electrons. The third-order valence-electron chi connectivity index (χ3n) is 2.10. The second-order valence-corrected chi connectivity index (χ2v) is 4.71. The monoisotopic (exact) mass is 285 g/mol. The number of nitrogens with zero attached hydrogens (tertiary/aromatic N) is 1. The topological polar surface area (TPSA) is 58.4 Å². The highest BCUT2D eigenvalue weighted by molar-refractivity contribution is 9.10. The number of carbonyl (C=O) groups excluding carboxylic acids is 1. The number of nitrogens with two attached hydrogens (primary N) is 1. The van der Waals surface area contributed by atoms with Crippen LogP contribution in [0.15, 0.2) is 22.7 Å². The molecule has 0 saturated carbocycles. The molecule has 1 amide bonds. The lowest BCUT2D eigenvalue weighted by Gasteiger charge is -2.11. The number of rotatable bonds is 4. The molecule has 1 aromatic rings. The van der Waals surface area contributed by atoms with Gasteiger partial charge in [-0.1, -0.05) is 15.9 Å². The van der Waals surface area contributed by atoms with E-state index in [4.69, 9.17) is 5.73 Å². The lowest BCUT2D eigenvalue weighted by atomic mass is 10.1. The van der Waals surface area contributed by atoms with Gasteiger partial charge in [0.2, 0.25) is 0 Å². The van der Waals surface area contributed by atoms with Gasteiger partial charge in [0.15, 0.2) is 0 Å². The molecule has 3 N–H and O–H groups in total. The van der Waals surface area contributed by atoms with Gasteiger partial charge in [0.05, 0.1) is 5.56 Å². The van der Waals surface area contributed by atoms with Gasteiger partial charge in [-0.05, 0) is 32.3 Å². The van der Waals surface area contributed by atoms with E-state index in [0.717, 1.165) is 11.0 Å². The van der Waals surface area contributed by atoms with Crippen molar-refractivity contribution in [2.75, 3.05) is 32.9 Å². The van der Waals surface area contributed by atoms with Crippen molar-refractivity contribution in [2.45, 2.75) is 0 Å². The van der Waals surface area contributed by atoms with Gasteiger partial charge in [0.25, 0.3) is 5.91 Å². The molecule has 16 heavy (non-hydrogen) atoms. The Balaban J connectivity index is 2.59. The fourth-order valence-electron chi connectivity index (χ4n) is 1.23. The quantitative estimate of drug-likeness (QED) is 0.821. The van der Waals surface area contributed by atoms with E-state index in [-0.39, 0.29) is 5.91 Å². The largest absolute Gasteiger partial charge is 0.398 e. The molecule has 0 aliphatic rings. The Bertz CT molecular complexity index is 379. The van der Waals surface area contributed by atoms with Crippen LogP contribution in [0, 0.1) is 0 Å². The maximum atomic E-state index is 11.7. The van der Waals surface area contributed by atoms with Crippen LogP contribution in [0.4, 0.5) is 5.69 Å². The van der Waals surface area contributed by atoms with Gasteiger partial charge in [-0.3, -0.25) is 4.79 Å². The summed E-state index contributed by atoms with van der Waals surface area (Å²) >= 11 is 3.30. The number of nitrogen functional groups attached to an aromatic ring is 1.